The Kier molecular flexibility index (Phi) is 7.69. The van der Waals surface area contributed by atoms with Gasteiger partial charge < -0.3 is 5.11 Å². The highest BCUT2D eigenvalue weighted by Gasteiger charge is 2.27. The largest absolute Gasteiger partial charge is 0.396 e. The van der Waals surface area contributed by atoms with Gasteiger partial charge in [-0.1, -0.05) is 30.9 Å². The number of unbranched alkanes of at least 4 members (excludes halogenated alkanes) is 1. The zero-order chi connectivity index (χ0) is 17.3. The molecule has 0 aliphatic carbocycles. The van der Waals surface area contributed by atoms with Crippen LogP contribution in [-0.2, 0) is 15.7 Å². The summed E-state index contributed by atoms with van der Waals surface area (Å²) in [6, 6.07) is 6.65. The first-order valence-corrected chi connectivity index (χ1v) is 9.32. The summed E-state index contributed by atoms with van der Waals surface area (Å²) in [7, 11) is -3.43. The predicted molar refractivity (Wildman–Crippen MR) is 90.2 cm³/mol. The lowest BCUT2D eigenvalue weighted by Crippen LogP contribution is -2.36. The Morgan fingerprint density at radius 3 is 2.52 bits per heavy atom. The number of alkyl halides is 1. The van der Waals surface area contributed by atoms with Gasteiger partial charge in [0.2, 0.25) is 10.0 Å². The third-order valence-corrected chi connectivity index (χ3v) is 4.81. The van der Waals surface area contributed by atoms with Crippen LogP contribution in [0.25, 0.3) is 0 Å². The molecule has 0 aromatic heterocycles. The quantitative estimate of drug-likeness (QED) is 0.563. The molecule has 0 saturated heterocycles. The molecule has 0 radical (unpaired) electrons. The van der Waals surface area contributed by atoms with Crippen LogP contribution in [0, 0.1) is 11.8 Å². The molecule has 1 rings (SSSR count). The summed E-state index contributed by atoms with van der Waals surface area (Å²) < 4.78 is 40.2. The molecule has 0 saturated carbocycles. The van der Waals surface area contributed by atoms with Crippen molar-refractivity contribution < 1.29 is 17.9 Å². The van der Waals surface area contributed by atoms with Gasteiger partial charge in [0.05, 0.1) is 5.75 Å². The topological polar surface area (TPSA) is 66.4 Å². The number of halogens is 1. The Morgan fingerprint density at radius 1 is 1.30 bits per heavy atom. The van der Waals surface area contributed by atoms with Crippen molar-refractivity contribution in [2.24, 2.45) is 0 Å². The molecule has 0 spiro atoms. The summed E-state index contributed by atoms with van der Waals surface area (Å²) in [6.07, 6.45) is 1.73. The minimum Gasteiger partial charge on any atom is -0.396 e. The molecule has 0 bridgehead atoms. The van der Waals surface area contributed by atoms with Crippen LogP contribution in [0.5, 0.6) is 0 Å². The van der Waals surface area contributed by atoms with Crippen molar-refractivity contribution in [1.82, 2.24) is 4.72 Å². The van der Waals surface area contributed by atoms with Crippen LogP contribution in [0.1, 0.15) is 44.2 Å². The summed E-state index contributed by atoms with van der Waals surface area (Å²) >= 11 is 0. The minimum absolute atomic E-state index is 0.00848. The third kappa shape index (κ3) is 7.12. The summed E-state index contributed by atoms with van der Waals surface area (Å²) in [5.74, 6) is 5.85. The molecule has 0 aliphatic heterocycles. The lowest BCUT2D eigenvalue weighted by atomic mass is 9.97. The van der Waals surface area contributed by atoms with E-state index in [0.717, 1.165) is 5.56 Å². The van der Waals surface area contributed by atoms with Crippen LogP contribution in [0.3, 0.4) is 0 Å². The van der Waals surface area contributed by atoms with E-state index in [1.54, 1.807) is 31.2 Å². The van der Waals surface area contributed by atoms with Crippen LogP contribution >= 0.6 is 0 Å². The fourth-order valence-corrected chi connectivity index (χ4v) is 3.09. The smallest absolute Gasteiger partial charge is 0.211 e. The van der Waals surface area contributed by atoms with Crippen LogP contribution in [0.15, 0.2) is 24.3 Å². The maximum absolute atomic E-state index is 14.7. The first-order chi connectivity index (χ1) is 10.8. The van der Waals surface area contributed by atoms with E-state index in [1.807, 2.05) is 0 Å². The fourth-order valence-electron chi connectivity index (χ4n) is 1.92. The van der Waals surface area contributed by atoms with Gasteiger partial charge in [0.25, 0.3) is 0 Å². The van der Waals surface area contributed by atoms with Crippen molar-refractivity contribution in [2.75, 3.05) is 18.9 Å². The Bertz CT molecular complexity index is 643. The average molecular weight is 341 g/mol. The van der Waals surface area contributed by atoms with Crippen LogP contribution in [0.4, 0.5) is 4.39 Å². The molecule has 1 aromatic rings. The second-order valence-electron chi connectivity index (χ2n) is 5.54. The maximum Gasteiger partial charge on any atom is 0.211 e. The zero-order valence-corrected chi connectivity index (χ0v) is 14.4. The first-order valence-electron chi connectivity index (χ1n) is 7.67. The van der Waals surface area contributed by atoms with Gasteiger partial charge in [-0.25, -0.2) is 17.5 Å². The van der Waals surface area contributed by atoms with Crippen molar-refractivity contribution >= 4 is 10.0 Å². The van der Waals surface area contributed by atoms with Crippen molar-refractivity contribution in [1.29, 1.82) is 0 Å². The monoisotopic (exact) mass is 341 g/mol. The molecule has 2 N–H and O–H groups in total. The van der Waals surface area contributed by atoms with Gasteiger partial charge in [-0.2, -0.15) is 0 Å². The SMILES string of the molecule is CCCS(=O)(=O)NCC(C)(F)c1ccc(C#CCCCO)cc1. The Morgan fingerprint density at radius 2 is 1.96 bits per heavy atom. The lowest BCUT2D eigenvalue weighted by Gasteiger charge is -2.21. The molecule has 1 atom stereocenters. The molecule has 128 valence electrons. The molecule has 0 heterocycles. The van der Waals surface area contributed by atoms with Crippen LogP contribution in [-0.4, -0.2) is 32.4 Å². The van der Waals surface area contributed by atoms with Gasteiger partial charge in [-0.15, -0.1) is 0 Å². The highest BCUT2D eigenvalue weighted by atomic mass is 32.2. The van der Waals surface area contributed by atoms with Gasteiger partial charge in [-0.05, 0) is 37.5 Å². The molecule has 1 unspecified atom stereocenters. The van der Waals surface area contributed by atoms with E-state index in [4.69, 9.17) is 5.11 Å². The standard InChI is InChI=1S/C17H24FNO3S/c1-3-13-23(21,22)19-14-17(2,18)16-10-8-15(9-11-16)7-5-4-6-12-20/h8-11,19-20H,3-4,6,12-14H2,1-2H3. The van der Waals surface area contributed by atoms with Gasteiger partial charge >= 0.3 is 0 Å². The van der Waals surface area contributed by atoms with Gasteiger partial charge in [0.1, 0.15) is 5.67 Å². The van der Waals surface area contributed by atoms with E-state index in [-0.39, 0.29) is 18.9 Å². The van der Waals surface area contributed by atoms with Crippen LogP contribution < -0.4 is 4.72 Å². The number of hydrogen-bond acceptors (Lipinski definition) is 3. The van der Waals surface area contributed by atoms with E-state index in [0.29, 0.717) is 24.8 Å². The molecule has 4 nitrogen and oxygen atoms in total. The number of sulfonamides is 1. The molecule has 0 fully saturated rings. The van der Waals surface area contributed by atoms with E-state index in [1.165, 1.54) is 6.92 Å². The highest BCUT2D eigenvalue weighted by molar-refractivity contribution is 7.89. The molecule has 1 aromatic carbocycles. The molecular weight excluding hydrogens is 317 g/mol. The van der Waals surface area contributed by atoms with Gasteiger partial charge in [0.15, 0.2) is 0 Å². The predicted octanol–water partition coefficient (Wildman–Crippen LogP) is 2.32. The Hall–Kier alpha value is -1.42. The number of benzene rings is 1. The zero-order valence-electron chi connectivity index (χ0n) is 13.6. The molecule has 6 heteroatoms. The summed E-state index contributed by atoms with van der Waals surface area (Å²) in [6.45, 7) is 2.93. The fraction of sp³-hybridized carbons (Fsp3) is 0.529. The molecule has 0 amide bonds. The van der Waals surface area contributed by atoms with Crippen molar-refractivity contribution in [3.05, 3.63) is 35.4 Å². The third-order valence-electron chi connectivity index (χ3n) is 3.28. The molecule has 0 aliphatic rings. The van der Waals surface area contributed by atoms with E-state index in [2.05, 4.69) is 16.6 Å². The van der Waals surface area contributed by atoms with Gasteiger partial charge in [-0.3, -0.25) is 0 Å². The maximum atomic E-state index is 14.7. The second kappa shape index (κ2) is 9.02. The van der Waals surface area contributed by atoms with Crippen LogP contribution in [0.2, 0.25) is 0 Å². The Balaban J connectivity index is 2.71. The number of aliphatic hydroxyl groups excluding tert-OH is 1. The van der Waals surface area contributed by atoms with Crippen molar-refractivity contribution in [2.45, 2.75) is 38.8 Å². The first kappa shape index (κ1) is 19.6. The number of aliphatic hydroxyl groups is 1. The number of nitrogens with one attached hydrogen (secondary N) is 1. The Labute approximate surface area is 138 Å². The number of hydrogen-bond donors (Lipinski definition) is 2. The highest BCUT2D eigenvalue weighted by Crippen LogP contribution is 2.25. The van der Waals surface area contributed by atoms with E-state index < -0.39 is 15.7 Å². The van der Waals surface area contributed by atoms with Crippen molar-refractivity contribution in [3.8, 4) is 11.8 Å². The second-order valence-corrected chi connectivity index (χ2v) is 7.47. The van der Waals surface area contributed by atoms with Gasteiger partial charge in [0, 0.05) is 25.1 Å². The summed E-state index contributed by atoms with van der Waals surface area (Å²) in [4.78, 5) is 0. The number of rotatable bonds is 8. The average Bonchev–Trinajstić information content (AvgIpc) is 2.50. The van der Waals surface area contributed by atoms with E-state index in [9.17, 15) is 12.8 Å². The summed E-state index contributed by atoms with van der Waals surface area (Å²) in [5.41, 5.74) is -0.629. The molecule has 23 heavy (non-hydrogen) atoms. The summed E-state index contributed by atoms with van der Waals surface area (Å²) in [5, 5.41) is 8.67. The minimum atomic E-state index is -3.43. The lowest BCUT2D eigenvalue weighted by molar-refractivity contribution is 0.196. The normalized spacial score (nSPS) is 13.9. The molecular formula is C17H24FNO3S. The van der Waals surface area contributed by atoms with E-state index >= 15 is 0 Å². The van der Waals surface area contributed by atoms with Crippen molar-refractivity contribution in [3.63, 3.8) is 0 Å².